The number of hydrogen-bond acceptors (Lipinski definition) is 2. The van der Waals surface area contributed by atoms with Crippen LogP contribution >= 0.6 is 22.7 Å². The van der Waals surface area contributed by atoms with Gasteiger partial charge >= 0.3 is 0 Å². The van der Waals surface area contributed by atoms with Crippen LogP contribution in [0.3, 0.4) is 0 Å². The lowest BCUT2D eigenvalue weighted by Gasteiger charge is -2.10. The molecule has 0 atom stereocenters. The van der Waals surface area contributed by atoms with Crippen molar-refractivity contribution in [2.75, 3.05) is 0 Å². The molecule has 46 heavy (non-hydrogen) atoms. The van der Waals surface area contributed by atoms with Crippen LogP contribution < -0.4 is 0 Å². The summed E-state index contributed by atoms with van der Waals surface area (Å²) in [6.07, 6.45) is 0. The average molecular weight is 619 g/mol. The summed E-state index contributed by atoms with van der Waals surface area (Å²) in [6, 6.07) is 58.3. The van der Waals surface area contributed by atoms with E-state index in [1.54, 1.807) is 0 Å². The van der Waals surface area contributed by atoms with Crippen LogP contribution in [0.15, 0.2) is 158 Å². The monoisotopic (exact) mass is 618 g/mol. The predicted molar refractivity (Wildman–Crippen MR) is 204 cm³/mol. The first kappa shape index (κ1) is 26.0. The van der Waals surface area contributed by atoms with Crippen molar-refractivity contribution < 1.29 is 0 Å². The van der Waals surface area contributed by atoms with Gasteiger partial charge in [-0.25, -0.2) is 0 Å². The summed E-state index contributed by atoms with van der Waals surface area (Å²) in [5.74, 6) is 0. The van der Waals surface area contributed by atoms with Crippen molar-refractivity contribution in [2.24, 2.45) is 0 Å². The lowest BCUT2D eigenvalue weighted by molar-refractivity contribution is 1.60. The van der Waals surface area contributed by atoms with E-state index >= 15 is 0 Å². The Morgan fingerprint density at radius 1 is 0.261 bits per heavy atom. The Bertz CT molecular complexity index is 2800. The Morgan fingerprint density at radius 2 is 0.696 bits per heavy atom. The van der Waals surface area contributed by atoms with E-state index < -0.39 is 0 Å². The highest BCUT2D eigenvalue weighted by atomic mass is 32.1. The van der Waals surface area contributed by atoms with Gasteiger partial charge in [0.15, 0.2) is 0 Å². The molecule has 0 unspecified atom stereocenters. The second kappa shape index (κ2) is 10.1. The molecule has 10 aromatic rings. The Kier molecular flexibility index (Phi) is 5.72. The van der Waals surface area contributed by atoms with Gasteiger partial charge in [-0.05, 0) is 114 Å². The van der Waals surface area contributed by atoms with E-state index in [-0.39, 0.29) is 0 Å². The topological polar surface area (TPSA) is 0 Å². The van der Waals surface area contributed by atoms with E-state index in [4.69, 9.17) is 0 Å². The smallest absolute Gasteiger partial charge is 0.0542 e. The maximum Gasteiger partial charge on any atom is 0.0542 e. The number of fused-ring (bicyclic) bond motifs is 8. The summed E-state index contributed by atoms with van der Waals surface area (Å²) in [5.41, 5.74) is 7.45. The minimum absolute atomic E-state index is 1.24. The quantitative estimate of drug-likeness (QED) is 0.185. The van der Waals surface area contributed by atoms with Crippen LogP contribution in [0.2, 0.25) is 0 Å². The minimum atomic E-state index is 1.24. The lowest BCUT2D eigenvalue weighted by Crippen LogP contribution is -1.84. The molecule has 2 heterocycles. The highest BCUT2D eigenvalue weighted by molar-refractivity contribution is 7.36. The Morgan fingerprint density at radius 3 is 1.33 bits per heavy atom. The van der Waals surface area contributed by atoms with Gasteiger partial charge in [-0.2, -0.15) is 0 Å². The highest BCUT2D eigenvalue weighted by Crippen LogP contribution is 2.46. The Balaban J connectivity index is 1.05. The molecule has 0 saturated heterocycles. The number of rotatable bonds is 3. The SMILES string of the molecule is c1ccc(-c2cccc(-c3ccc4ccc(-c5ccc6cc7c(cc6c5)sc5c6cc8ccccc8cc6sc75)cc4c3)c2)cc1. The zero-order valence-corrected chi connectivity index (χ0v) is 26.5. The predicted octanol–water partition coefficient (Wildman–Crippen LogP) is 13.7. The third kappa shape index (κ3) is 4.19. The van der Waals surface area contributed by atoms with E-state index in [1.807, 2.05) is 22.7 Å². The van der Waals surface area contributed by atoms with E-state index in [0.29, 0.717) is 0 Å². The van der Waals surface area contributed by atoms with Crippen LogP contribution in [-0.2, 0) is 0 Å². The molecular weight excluding hydrogens is 593 g/mol. The fourth-order valence-electron chi connectivity index (χ4n) is 6.98. The highest BCUT2D eigenvalue weighted by Gasteiger charge is 2.14. The van der Waals surface area contributed by atoms with Crippen molar-refractivity contribution in [1.82, 2.24) is 0 Å². The molecule has 0 radical (unpaired) electrons. The van der Waals surface area contributed by atoms with Gasteiger partial charge < -0.3 is 0 Å². The van der Waals surface area contributed by atoms with Crippen molar-refractivity contribution in [2.45, 2.75) is 0 Å². The third-order valence-electron chi connectivity index (χ3n) is 9.38. The van der Waals surface area contributed by atoms with Crippen LogP contribution in [0.1, 0.15) is 0 Å². The molecule has 0 spiro atoms. The molecule has 2 aromatic heterocycles. The maximum atomic E-state index is 2.40. The largest absolute Gasteiger partial charge is 0.134 e. The van der Waals surface area contributed by atoms with Crippen molar-refractivity contribution in [1.29, 1.82) is 0 Å². The van der Waals surface area contributed by atoms with Gasteiger partial charge in [0.05, 0.1) is 9.40 Å². The first-order chi connectivity index (χ1) is 22.7. The average Bonchev–Trinajstić information content (AvgIpc) is 3.64. The molecule has 0 aliphatic carbocycles. The minimum Gasteiger partial charge on any atom is -0.134 e. The second-order valence-electron chi connectivity index (χ2n) is 12.2. The first-order valence-electron chi connectivity index (χ1n) is 15.6. The van der Waals surface area contributed by atoms with Crippen LogP contribution in [0.5, 0.6) is 0 Å². The molecule has 0 aliphatic rings. The molecule has 0 saturated carbocycles. The molecule has 8 aromatic carbocycles. The number of benzene rings is 8. The van der Waals surface area contributed by atoms with Crippen molar-refractivity contribution in [3.05, 3.63) is 158 Å². The fourth-order valence-corrected chi connectivity index (χ4v) is 9.68. The fraction of sp³-hybridized carbons (Fsp3) is 0. The Labute approximate surface area is 274 Å². The summed E-state index contributed by atoms with van der Waals surface area (Å²) >= 11 is 3.87. The van der Waals surface area contributed by atoms with E-state index in [1.165, 1.54) is 95.3 Å². The number of hydrogen-bond donors (Lipinski definition) is 0. The first-order valence-corrected chi connectivity index (χ1v) is 17.3. The third-order valence-corrected chi connectivity index (χ3v) is 11.9. The summed E-state index contributed by atoms with van der Waals surface area (Å²) < 4.78 is 5.56. The van der Waals surface area contributed by atoms with Crippen LogP contribution in [-0.4, -0.2) is 0 Å². The van der Waals surface area contributed by atoms with Gasteiger partial charge in [-0.1, -0.05) is 109 Å². The molecule has 0 nitrogen and oxygen atoms in total. The standard InChI is InChI=1S/C44H26S2/c1-2-7-27(8-3-1)29-11-6-12-30(19-29)33-15-13-28-14-16-34(21-37(28)20-33)35-17-18-36-24-40-42(26-38(36)22-35)46-43-39-23-31-9-4-5-10-32(31)25-41(39)45-44(40)43/h1-26H. The summed E-state index contributed by atoms with van der Waals surface area (Å²) in [7, 11) is 0. The van der Waals surface area contributed by atoms with E-state index in [2.05, 4.69) is 158 Å². The summed E-state index contributed by atoms with van der Waals surface area (Å²) in [5, 5.41) is 10.5. The molecule has 214 valence electrons. The van der Waals surface area contributed by atoms with Crippen LogP contribution in [0, 0.1) is 0 Å². The van der Waals surface area contributed by atoms with Crippen molar-refractivity contribution >= 4 is 84.6 Å². The van der Waals surface area contributed by atoms with Gasteiger partial charge in [-0.3, -0.25) is 0 Å². The molecular formula is C44H26S2. The van der Waals surface area contributed by atoms with E-state index in [0.717, 1.165) is 0 Å². The molecule has 10 rings (SSSR count). The van der Waals surface area contributed by atoms with Crippen LogP contribution in [0.25, 0.3) is 95.3 Å². The lowest BCUT2D eigenvalue weighted by atomic mass is 9.95. The van der Waals surface area contributed by atoms with Gasteiger partial charge in [0.1, 0.15) is 0 Å². The molecule has 0 aliphatic heterocycles. The van der Waals surface area contributed by atoms with Gasteiger partial charge in [0.2, 0.25) is 0 Å². The normalized spacial score (nSPS) is 11.9. The second-order valence-corrected chi connectivity index (χ2v) is 14.3. The Hall–Kier alpha value is -5.28. The molecule has 2 heteroatoms. The van der Waals surface area contributed by atoms with E-state index in [9.17, 15) is 0 Å². The van der Waals surface area contributed by atoms with Crippen LogP contribution in [0.4, 0.5) is 0 Å². The summed E-state index contributed by atoms with van der Waals surface area (Å²) in [6.45, 7) is 0. The molecule has 0 bridgehead atoms. The molecule has 0 amide bonds. The van der Waals surface area contributed by atoms with Crippen molar-refractivity contribution in [3.63, 3.8) is 0 Å². The van der Waals surface area contributed by atoms with Gasteiger partial charge in [0, 0.05) is 20.2 Å². The maximum absolute atomic E-state index is 2.40. The summed E-state index contributed by atoms with van der Waals surface area (Å²) in [4.78, 5) is 0. The van der Waals surface area contributed by atoms with Gasteiger partial charge in [0.25, 0.3) is 0 Å². The van der Waals surface area contributed by atoms with Crippen molar-refractivity contribution in [3.8, 4) is 33.4 Å². The molecule has 0 N–H and O–H groups in total. The van der Waals surface area contributed by atoms with Gasteiger partial charge in [-0.15, -0.1) is 22.7 Å². The molecule has 0 fully saturated rings. The zero-order chi connectivity index (χ0) is 30.2. The zero-order valence-electron chi connectivity index (χ0n) is 24.8. The number of thiophene rings is 2.